The standard InChI is InChI=1S/C14H24N2O/c1-14(2,3)17-10-9-16(4)13-8-6-5-7-12(13)11-15/h5-8H,9-11,15H2,1-4H3. The molecule has 0 heterocycles. The highest BCUT2D eigenvalue weighted by atomic mass is 16.5. The van der Waals surface area contributed by atoms with E-state index in [2.05, 4.69) is 44.9 Å². The van der Waals surface area contributed by atoms with Gasteiger partial charge in [0.1, 0.15) is 0 Å². The van der Waals surface area contributed by atoms with Crippen molar-refractivity contribution in [2.75, 3.05) is 25.1 Å². The van der Waals surface area contributed by atoms with Crippen LogP contribution in [0.15, 0.2) is 24.3 Å². The number of nitrogens with two attached hydrogens (primary N) is 1. The summed E-state index contributed by atoms with van der Waals surface area (Å²) in [4.78, 5) is 2.19. The highest BCUT2D eigenvalue weighted by Gasteiger charge is 2.11. The number of para-hydroxylation sites is 1. The first kappa shape index (κ1) is 14.0. The average Bonchev–Trinajstić information content (AvgIpc) is 2.27. The van der Waals surface area contributed by atoms with E-state index < -0.39 is 0 Å². The highest BCUT2D eigenvalue weighted by molar-refractivity contribution is 5.52. The first-order chi connectivity index (χ1) is 7.94. The molecule has 0 saturated carbocycles. The summed E-state index contributed by atoms with van der Waals surface area (Å²) in [5.41, 5.74) is 8.01. The molecule has 0 aliphatic rings. The molecule has 1 aromatic rings. The molecule has 0 amide bonds. The van der Waals surface area contributed by atoms with Crippen molar-refractivity contribution in [2.24, 2.45) is 5.73 Å². The third kappa shape index (κ3) is 4.75. The maximum Gasteiger partial charge on any atom is 0.0648 e. The van der Waals surface area contributed by atoms with Gasteiger partial charge in [-0.05, 0) is 32.4 Å². The Hall–Kier alpha value is -1.06. The number of likely N-dealkylation sites (N-methyl/N-ethyl adjacent to an activating group) is 1. The lowest BCUT2D eigenvalue weighted by molar-refractivity contribution is 0.00168. The molecule has 96 valence electrons. The molecule has 17 heavy (non-hydrogen) atoms. The van der Waals surface area contributed by atoms with Gasteiger partial charge in [-0.3, -0.25) is 0 Å². The summed E-state index contributed by atoms with van der Waals surface area (Å²) < 4.78 is 5.72. The second-order valence-electron chi connectivity index (χ2n) is 5.22. The molecule has 0 aliphatic carbocycles. The van der Waals surface area contributed by atoms with Gasteiger partial charge in [0, 0.05) is 25.8 Å². The summed E-state index contributed by atoms with van der Waals surface area (Å²) in [5, 5.41) is 0. The van der Waals surface area contributed by atoms with E-state index in [1.54, 1.807) is 0 Å². The Kier molecular flexibility index (Phi) is 4.97. The van der Waals surface area contributed by atoms with Crippen LogP contribution in [0.5, 0.6) is 0 Å². The summed E-state index contributed by atoms with van der Waals surface area (Å²) in [5.74, 6) is 0. The maximum atomic E-state index is 5.73. The van der Waals surface area contributed by atoms with Crippen LogP contribution in [0, 0.1) is 0 Å². The van der Waals surface area contributed by atoms with E-state index in [0.29, 0.717) is 6.54 Å². The van der Waals surface area contributed by atoms with E-state index in [-0.39, 0.29) is 5.60 Å². The molecule has 0 atom stereocenters. The van der Waals surface area contributed by atoms with Crippen molar-refractivity contribution in [2.45, 2.75) is 32.9 Å². The zero-order chi connectivity index (χ0) is 12.9. The Balaban J connectivity index is 2.55. The van der Waals surface area contributed by atoms with E-state index in [1.165, 1.54) is 11.3 Å². The van der Waals surface area contributed by atoms with Crippen LogP contribution in [0.2, 0.25) is 0 Å². The number of hydrogen-bond donors (Lipinski definition) is 1. The van der Waals surface area contributed by atoms with Crippen LogP contribution in [0.3, 0.4) is 0 Å². The number of nitrogens with zero attached hydrogens (tertiary/aromatic N) is 1. The van der Waals surface area contributed by atoms with Gasteiger partial charge in [-0.1, -0.05) is 18.2 Å². The summed E-state index contributed by atoms with van der Waals surface area (Å²) in [6.07, 6.45) is 0. The number of benzene rings is 1. The first-order valence-electron chi connectivity index (χ1n) is 6.07. The largest absolute Gasteiger partial charge is 0.374 e. The van der Waals surface area contributed by atoms with Gasteiger partial charge >= 0.3 is 0 Å². The van der Waals surface area contributed by atoms with E-state index in [1.807, 2.05) is 12.1 Å². The van der Waals surface area contributed by atoms with E-state index in [9.17, 15) is 0 Å². The van der Waals surface area contributed by atoms with Gasteiger partial charge in [0.05, 0.1) is 12.2 Å². The molecule has 0 fully saturated rings. The fourth-order valence-corrected chi connectivity index (χ4v) is 1.67. The molecule has 0 unspecified atom stereocenters. The van der Waals surface area contributed by atoms with Crippen LogP contribution < -0.4 is 10.6 Å². The fraction of sp³-hybridized carbons (Fsp3) is 0.571. The topological polar surface area (TPSA) is 38.5 Å². The summed E-state index contributed by atoms with van der Waals surface area (Å²) in [6, 6.07) is 8.22. The lowest BCUT2D eigenvalue weighted by Crippen LogP contribution is -2.28. The normalized spacial score (nSPS) is 11.6. The first-order valence-corrected chi connectivity index (χ1v) is 6.07. The summed E-state index contributed by atoms with van der Waals surface area (Å²) >= 11 is 0. The van der Waals surface area contributed by atoms with Gasteiger partial charge in [0.2, 0.25) is 0 Å². The molecule has 2 N–H and O–H groups in total. The maximum absolute atomic E-state index is 5.73. The van der Waals surface area contributed by atoms with Gasteiger partial charge in [-0.2, -0.15) is 0 Å². The van der Waals surface area contributed by atoms with Gasteiger partial charge in [-0.15, -0.1) is 0 Å². The predicted molar refractivity (Wildman–Crippen MR) is 73.3 cm³/mol. The van der Waals surface area contributed by atoms with Gasteiger partial charge in [0.15, 0.2) is 0 Å². The van der Waals surface area contributed by atoms with Crippen LogP contribution in [0.25, 0.3) is 0 Å². The number of anilines is 1. The minimum absolute atomic E-state index is 0.0752. The quantitative estimate of drug-likeness (QED) is 0.853. The molecule has 0 aliphatic heterocycles. The summed E-state index contributed by atoms with van der Waals surface area (Å²) in [6.45, 7) is 8.37. The minimum atomic E-state index is -0.0752. The second-order valence-corrected chi connectivity index (χ2v) is 5.22. The van der Waals surface area contributed by atoms with Crippen molar-refractivity contribution in [3.05, 3.63) is 29.8 Å². The van der Waals surface area contributed by atoms with Gasteiger partial charge < -0.3 is 15.4 Å². The van der Waals surface area contributed by atoms with Crippen LogP contribution in [0.1, 0.15) is 26.3 Å². The van der Waals surface area contributed by atoms with Crippen molar-refractivity contribution in [3.8, 4) is 0 Å². The molecule has 1 rings (SSSR count). The van der Waals surface area contributed by atoms with Crippen molar-refractivity contribution < 1.29 is 4.74 Å². The summed E-state index contributed by atoms with van der Waals surface area (Å²) in [7, 11) is 2.07. The van der Waals surface area contributed by atoms with Crippen molar-refractivity contribution >= 4 is 5.69 Å². The van der Waals surface area contributed by atoms with Crippen molar-refractivity contribution in [1.29, 1.82) is 0 Å². The lowest BCUT2D eigenvalue weighted by Gasteiger charge is -2.25. The molecule has 0 aromatic heterocycles. The Morgan fingerprint density at radius 3 is 2.47 bits per heavy atom. The van der Waals surface area contributed by atoms with Crippen LogP contribution in [0.4, 0.5) is 5.69 Å². The third-order valence-corrected chi connectivity index (χ3v) is 2.58. The molecule has 3 heteroatoms. The molecule has 1 aromatic carbocycles. The zero-order valence-electron chi connectivity index (χ0n) is 11.4. The fourth-order valence-electron chi connectivity index (χ4n) is 1.67. The molecule has 0 spiro atoms. The van der Waals surface area contributed by atoms with Gasteiger partial charge in [-0.25, -0.2) is 0 Å². The van der Waals surface area contributed by atoms with Crippen LogP contribution in [-0.2, 0) is 11.3 Å². The number of rotatable bonds is 5. The Labute approximate surface area is 105 Å². The SMILES string of the molecule is CN(CCOC(C)(C)C)c1ccccc1CN. The molecular formula is C14H24N2O. The van der Waals surface area contributed by atoms with Crippen molar-refractivity contribution in [1.82, 2.24) is 0 Å². The van der Waals surface area contributed by atoms with E-state index in [0.717, 1.165) is 13.2 Å². The van der Waals surface area contributed by atoms with Crippen LogP contribution >= 0.6 is 0 Å². The molecule has 0 radical (unpaired) electrons. The smallest absolute Gasteiger partial charge is 0.0648 e. The Morgan fingerprint density at radius 1 is 1.24 bits per heavy atom. The Morgan fingerprint density at radius 2 is 1.88 bits per heavy atom. The van der Waals surface area contributed by atoms with Crippen LogP contribution in [-0.4, -0.2) is 25.8 Å². The second kappa shape index (κ2) is 6.03. The molecular weight excluding hydrogens is 212 g/mol. The third-order valence-electron chi connectivity index (χ3n) is 2.58. The molecule has 0 saturated heterocycles. The molecule has 0 bridgehead atoms. The average molecular weight is 236 g/mol. The highest BCUT2D eigenvalue weighted by Crippen LogP contribution is 2.18. The lowest BCUT2D eigenvalue weighted by atomic mass is 10.1. The Bertz CT molecular complexity index is 344. The number of ether oxygens (including phenoxy) is 1. The number of hydrogen-bond acceptors (Lipinski definition) is 3. The van der Waals surface area contributed by atoms with Crippen molar-refractivity contribution in [3.63, 3.8) is 0 Å². The van der Waals surface area contributed by atoms with Gasteiger partial charge in [0.25, 0.3) is 0 Å². The zero-order valence-corrected chi connectivity index (χ0v) is 11.4. The molecule has 3 nitrogen and oxygen atoms in total. The predicted octanol–water partition coefficient (Wildman–Crippen LogP) is 2.40. The monoisotopic (exact) mass is 236 g/mol. The van der Waals surface area contributed by atoms with E-state index >= 15 is 0 Å². The van der Waals surface area contributed by atoms with E-state index in [4.69, 9.17) is 10.5 Å². The minimum Gasteiger partial charge on any atom is -0.374 e.